The van der Waals surface area contributed by atoms with E-state index >= 15 is 0 Å². The van der Waals surface area contributed by atoms with Crippen LogP contribution in [0.25, 0.3) is 0 Å². The van der Waals surface area contributed by atoms with Crippen LogP contribution in [0.5, 0.6) is 0 Å². The Labute approximate surface area is 255 Å². The number of benzene rings is 2. The van der Waals surface area contributed by atoms with Crippen LogP contribution in [0.15, 0.2) is 41.4 Å². The van der Waals surface area contributed by atoms with Crippen LogP contribution in [0.3, 0.4) is 0 Å². The summed E-state index contributed by atoms with van der Waals surface area (Å²) in [5.41, 5.74) is -0.118. The van der Waals surface area contributed by atoms with Crippen molar-refractivity contribution < 1.29 is 40.2 Å². The maximum atomic E-state index is 13.8. The number of alkyl carbamates (subject to hydrolysis) is 1. The van der Waals surface area contributed by atoms with Gasteiger partial charge in [-0.05, 0) is 81.8 Å². The zero-order valence-corrected chi connectivity index (χ0v) is 26.2. The first-order valence-corrected chi connectivity index (χ1v) is 15.8. The highest BCUT2D eigenvalue weighted by atomic mass is 32.2. The van der Waals surface area contributed by atoms with Crippen LogP contribution in [0.1, 0.15) is 61.4 Å². The summed E-state index contributed by atoms with van der Waals surface area (Å²) in [7, 11) is -2.20. The van der Waals surface area contributed by atoms with Gasteiger partial charge in [0.05, 0.1) is 16.9 Å². The summed E-state index contributed by atoms with van der Waals surface area (Å²) in [5, 5.41) is 5.88. The smallest absolute Gasteiger partial charge is 0.419 e. The number of rotatable bonds is 8. The lowest BCUT2D eigenvalue weighted by atomic mass is 9.87. The summed E-state index contributed by atoms with van der Waals surface area (Å²) in [4.78, 5) is 16.4. The summed E-state index contributed by atoms with van der Waals surface area (Å²) in [6.07, 6.45) is -5.22. The summed E-state index contributed by atoms with van der Waals surface area (Å²) < 4.78 is 92.4. The molecule has 44 heavy (non-hydrogen) atoms. The lowest BCUT2D eigenvalue weighted by Crippen LogP contribution is -2.58. The number of carbonyl (C=O) groups is 1. The first kappa shape index (κ1) is 33.7. The lowest BCUT2D eigenvalue weighted by Gasteiger charge is -2.41. The SMILES string of the molecule is COC1N=C(c2ccc(F)c(C(F)(F)F)c2)NC12CCN(S(=O)(=O)CCc1ccc(CNC(=O)OC(C)(C)C)cc1C)CC2. The number of aliphatic imine (C=N–C) groups is 1. The molecule has 14 heteroatoms. The van der Waals surface area contributed by atoms with Crippen molar-refractivity contribution in [2.75, 3.05) is 26.0 Å². The number of piperidine rings is 1. The average Bonchev–Trinajstić information content (AvgIpc) is 3.27. The molecule has 1 fully saturated rings. The number of aryl methyl sites for hydroxylation is 2. The molecule has 4 rings (SSSR count). The first-order valence-electron chi connectivity index (χ1n) is 14.2. The van der Waals surface area contributed by atoms with Gasteiger partial charge in [-0.2, -0.15) is 13.2 Å². The van der Waals surface area contributed by atoms with Crippen LogP contribution >= 0.6 is 0 Å². The molecule has 0 saturated carbocycles. The van der Waals surface area contributed by atoms with Crippen molar-refractivity contribution in [1.82, 2.24) is 14.9 Å². The van der Waals surface area contributed by atoms with Gasteiger partial charge in [0.15, 0.2) is 6.23 Å². The number of methoxy groups -OCH3 is 1. The number of hydrogen-bond acceptors (Lipinski definition) is 7. The minimum Gasteiger partial charge on any atom is -0.444 e. The Balaban J connectivity index is 1.35. The van der Waals surface area contributed by atoms with Crippen molar-refractivity contribution in [3.05, 3.63) is 70.0 Å². The predicted molar refractivity (Wildman–Crippen MR) is 157 cm³/mol. The molecule has 1 atom stereocenters. The van der Waals surface area contributed by atoms with Gasteiger partial charge < -0.3 is 20.1 Å². The Kier molecular flexibility index (Phi) is 9.67. The molecule has 2 aliphatic rings. The highest BCUT2D eigenvalue weighted by molar-refractivity contribution is 7.89. The minimum absolute atomic E-state index is 0.0645. The number of nitrogens with zero attached hydrogens (tertiary/aromatic N) is 2. The molecule has 0 aliphatic carbocycles. The summed E-state index contributed by atoms with van der Waals surface area (Å²) in [6.45, 7) is 7.84. The zero-order chi connectivity index (χ0) is 32.5. The molecular weight excluding hydrogens is 604 g/mol. The standard InChI is InChI=1S/C30H38F4N4O5S/c1-19-16-20(18-35-27(39)43-28(2,3)4)6-7-21(19)10-15-44(40,41)38-13-11-29(12-14-38)26(42-5)36-25(37-29)22-8-9-24(31)23(17-22)30(32,33)34/h6-9,16-17,26H,10-15,18H2,1-5H3,(H,35,39)(H,36,37). The number of sulfonamides is 1. The van der Waals surface area contributed by atoms with E-state index in [-0.39, 0.29) is 36.8 Å². The minimum atomic E-state index is -4.86. The highest BCUT2D eigenvalue weighted by Gasteiger charge is 2.48. The van der Waals surface area contributed by atoms with Gasteiger partial charge in [-0.15, -0.1) is 0 Å². The van der Waals surface area contributed by atoms with E-state index in [2.05, 4.69) is 15.6 Å². The van der Waals surface area contributed by atoms with Crippen LogP contribution in [-0.2, 0) is 38.6 Å². The number of ether oxygens (including phenoxy) is 2. The highest BCUT2D eigenvalue weighted by Crippen LogP contribution is 2.36. The molecule has 0 aromatic heterocycles. The molecule has 1 amide bonds. The molecular formula is C30H38F4N4O5S. The molecule has 2 aromatic rings. The van der Waals surface area contributed by atoms with Crippen molar-refractivity contribution in [3.63, 3.8) is 0 Å². The van der Waals surface area contributed by atoms with Crippen molar-refractivity contribution in [2.24, 2.45) is 4.99 Å². The maximum absolute atomic E-state index is 13.8. The van der Waals surface area contributed by atoms with E-state index in [4.69, 9.17) is 9.47 Å². The summed E-state index contributed by atoms with van der Waals surface area (Å²) in [6, 6.07) is 8.26. The Morgan fingerprint density at radius 2 is 1.82 bits per heavy atom. The third-order valence-electron chi connectivity index (χ3n) is 7.73. The van der Waals surface area contributed by atoms with E-state index < -0.39 is 51.0 Å². The number of amidine groups is 1. The number of alkyl halides is 3. The topological polar surface area (TPSA) is 109 Å². The Morgan fingerprint density at radius 1 is 1.14 bits per heavy atom. The van der Waals surface area contributed by atoms with Crippen molar-refractivity contribution in [3.8, 4) is 0 Å². The maximum Gasteiger partial charge on any atom is 0.419 e. The molecule has 1 saturated heterocycles. The van der Waals surface area contributed by atoms with Crippen molar-refractivity contribution in [2.45, 2.75) is 77.0 Å². The van der Waals surface area contributed by atoms with Crippen molar-refractivity contribution in [1.29, 1.82) is 0 Å². The van der Waals surface area contributed by atoms with E-state index in [0.717, 1.165) is 22.8 Å². The molecule has 9 nitrogen and oxygen atoms in total. The van der Waals surface area contributed by atoms with Gasteiger partial charge in [-0.1, -0.05) is 18.2 Å². The Hall–Kier alpha value is -3.23. The van der Waals surface area contributed by atoms with Gasteiger partial charge in [-0.25, -0.2) is 26.9 Å². The fraction of sp³-hybridized carbons (Fsp3) is 0.533. The van der Waals surface area contributed by atoms with Gasteiger partial charge in [0.2, 0.25) is 10.0 Å². The predicted octanol–water partition coefficient (Wildman–Crippen LogP) is 4.91. The molecule has 2 aliphatic heterocycles. The number of amides is 1. The van der Waals surface area contributed by atoms with Crippen molar-refractivity contribution >= 4 is 22.0 Å². The molecule has 0 bridgehead atoms. The van der Waals surface area contributed by atoms with Gasteiger partial charge >= 0.3 is 12.3 Å². The Morgan fingerprint density at radius 3 is 2.41 bits per heavy atom. The average molecular weight is 643 g/mol. The summed E-state index contributed by atoms with van der Waals surface area (Å²) >= 11 is 0. The van der Waals surface area contributed by atoms with Gasteiger partial charge in [0.25, 0.3) is 0 Å². The van der Waals surface area contributed by atoms with Gasteiger partial charge in [0, 0.05) is 32.3 Å². The number of halogens is 4. The quantitative estimate of drug-likeness (QED) is 0.397. The zero-order valence-electron chi connectivity index (χ0n) is 25.3. The Bertz CT molecular complexity index is 1510. The van der Waals surface area contributed by atoms with Crippen LogP contribution in [0.4, 0.5) is 22.4 Å². The first-order chi connectivity index (χ1) is 20.4. The van der Waals surface area contributed by atoms with Crippen LogP contribution < -0.4 is 10.6 Å². The molecule has 1 spiro atoms. The molecule has 242 valence electrons. The molecule has 2 N–H and O–H groups in total. The number of nitrogens with one attached hydrogen (secondary N) is 2. The molecule has 2 heterocycles. The monoisotopic (exact) mass is 642 g/mol. The largest absolute Gasteiger partial charge is 0.444 e. The fourth-order valence-electron chi connectivity index (χ4n) is 5.43. The van der Waals surface area contributed by atoms with E-state index in [1.807, 2.05) is 25.1 Å². The normalized spacial score (nSPS) is 19.0. The van der Waals surface area contributed by atoms with Crippen LogP contribution in [-0.4, -0.2) is 68.0 Å². The van der Waals surface area contributed by atoms with E-state index in [1.54, 1.807) is 20.8 Å². The van der Waals surface area contributed by atoms with Gasteiger partial charge in [-0.3, -0.25) is 0 Å². The van der Waals surface area contributed by atoms with E-state index in [9.17, 15) is 30.8 Å². The second-order valence-electron chi connectivity index (χ2n) is 12.1. The van der Waals surface area contributed by atoms with E-state index in [0.29, 0.717) is 25.3 Å². The van der Waals surface area contributed by atoms with Crippen LogP contribution in [0.2, 0.25) is 0 Å². The summed E-state index contributed by atoms with van der Waals surface area (Å²) in [5.74, 6) is -1.34. The molecule has 0 radical (unpaired) electrons. The third kappa shape index (κ3) is 7.88. The number of hydrogen-bond donors (Lipinski definition) is 2. The molecule has 1 unspecified atom stereocenters. The molecule has 2 aromatic carbocycles. The van der Waals surface area contributed by atoms with Crippen LogP contribution in [0, 0.1) is 12.7 Å². The lowest BCUT2D eigenvalue weighted by molar-refractivity contribution is -0.140. The van der Waals surface area contributed by atoms with Gasteiger partial charge in [0.1, 0.15) is 17.3 Å². The third-order valence-corrected chi connectivity index (χ3v) is 9.61. The number of carbonyl (C=O) groups excluding carboxylic acids is 1. The fourth-order valence-corrected chi connectivity index (χ4v) is 6.90. The second kappa shape index (κ2) is 12.6. The second-order valence-corrected chi connectivity index (χ2v) is 14.2. The van der Waals surface area contributed by atoms with E-state index in [1.165, 1.54) is 17.5 Å².